The van der Waals surface area contributed by atoms with Crippen molar-refractivity contribution >= 4 is 5.97 Å². The normalized spacial score (nSPS) is 14.5. The quantitative estimate of drug-likeness (QED) is 0.654. The molecule has 0 saturated carbocycles. The first-order chi connectivity index (χ1) is 14.1. The summed E-state index contributed by atoms with van der Waals surface area (Å²) in [6, 6.07) is 14.6. The highest BCUT2D eigenvalue weighted by atomic mass is 16.5. The zero-order valence-corrected chi connectivity index (χ0v) is 17.4. The van der Waals surface area contributed by atoms with Crippen molar-refractivity contribution in [3.8, 4) is 11.5 Å². The molecule has 0 radical (unpaired) electrons. The Balaban J connectivity index is 1.86. The van der Waals surface area contributed by atoms with Gasteiger partial charge >= 0.3 is 5.97 Å². The fourth-order valence-corrected chi connectivity index (χ4v) is 4.03. The van der Waals surface area contributed by atoms with E-state index >= 15 is 0 Å². The van der Waals surface area contributed by atoms with Crippen molar-refractivity contribution in [3.63, 3.8) is 0 Å². The largest absolute Gasteiger partial charge is 0.497 e. The molecule has 1 atom stereocenters. The maximum Gasteiger partial charge on any atom is 0.311 e. The van der Waals surface area contributed by atoms with Crippen LogP contribution in [-0.2, 0) is 28.9 Å². The minimum absolute atomic E-state index is 0.253. The van der Waals surface area contributed by atoms with Crippen molar-refractivity contribution in [2.45, 2.75) is 25.4 Å². The standard InChI is InChI=1S/C23H30N2O4/c1-27-21-9-8-18(22(12-21)28-2)14-25(15-19(13-24)23(26)29-3)20-10-16-6-4-5-7-17(16)11-20/h4-9,12,19-20H,10-11,13-15,24H2,1-3H3. The van der Waals surface area contributed by atoms with Crippen molar-refractivity contribution in [1.82, 2.24) is 4.90 Å². The van der Waals surface area contributed by atoms with Gasteiger partial charge in [0.15, 0.2) is 0 Å². The Hall–Kier alpha value is -2.57. The Labute approximate surface area is 172 Å². The number of hydrogen-bond donors (Lipinski definition) is 1. The van der Waals surface area contributed by atoms with Crippen molar-refractivity contribution < 1.29 is 19.0 Å². The Bertz CT molecular complexity index is 814. The SMILES string of the molecule is COC(=O)C(CN)CN(Cc1ccc(OC)cc1OC)C1Cc2ccccc2C1. The molecule has 3 rings (SSSR count). The summed E-state index contributed by atoms with van der Waals surface area (Å²) in [6.07, 6.45) is 1.90. The number of nitrogens with zero attached hydrogens (tertiary/aromatic N) is 1. The molecule has 0 amide bonds. The fraction of sp³-hybridized carbons (Fsp3) is 0.435. The monoisotopic (exact) mass is 398 g/mol. The number of carbonyl (C=O) groups is 1. The lowest BCUT2D eigenvalue weighted by atomic mass is 10.0. The van der Waals surface area contributed by atoms with Crippen LogP contribution >= 0.6 is 0 Å². The van der Waals surface area contributed by atoms with Gasteiger partial charge in [-0.15, -0.1) is 0 Å². The molecule has 6 heteroatoms. The first-order valence-electron chi connectivity index (χ1n) is 9.89. The van der Waals surface area contributed by atoms with Gasteiger partial charge in [-0.3, -0.25) is 9.69 Å². The van der Waals surface area contributed by atoms with Gasteiger partial charge in [0, 0.05) is 37.3 Å². The van der Waals surface area contributed by atoms with Crippen LogP contribution in [0.2, 0.25) is 0 Å². The van der Waals surface area contributed by atoms with Crippen LogP contribution in [0.15, 0.2) is 42.5 Å². The smallest absolute Gasteiger partial charge is 0.311 e. The summed E-state index contributed by atoms with van der Waals surface area (Å²) in [5.41, 5.74) is 9.68. The molecular weight excluding hydrogens is 368 g/mol. The maximum atomic E-state index is 12.2. The van der Waals surface area contributed by atoms with Gasteiger partial charge in [-0.2, -0.15) is 0 Å². The number of ether oxygens (including phenoxy) is 3. The third-order valence-corrected chi connectivity index (χ3v) is 5.69. The molecule has 1 aliphatic carbocycles. The lowest BCUT2D eigenvalue weighted by Crippen LogP contribution is -2.43. The topological polar surface area (TPSA) is 74.0 Å². The van der Waals surface area contributed by atoms with Crippen LogP contribution in [0.25, 0.3) is 0 Å². The number of methoxy groups -OCH3 is 3. The molecule has 0 fully saturated rings. The highest BCUT2D eigenvalue weighted by molar-refractivity contribution is 5.72. The van der Waals surface area contributed by atoms with Crippen LogP contribution < -0.4 is 15.2 Å². The van der Waals surface area contributed by atoms with Crippen LogP contribution in [-0.4, -0.2) is 51.3 Å². The number of esters is 1. The predicted molar refractivity (Wildman–Crippen MR) is 112 cm³/mol. The van der Waals surface area contributed by atoms with Crippen molar-refractivity contribution in [1.29, 1.82) is 0 Å². The number of hydrogen-bond acceptors (Lipinski definition) is 6. The lowest BCUT2D eigenvalue weighted by molar-refractivity contribution is -0.146. The van der Waals surface area contributed by atoms with Gasteiger partial charge in [0.25, 0.3) is 0 Å². The Morgan fingerprint density at radius 1 is 1.10 bits per heavy atom. The summed E-state index contributed by atoms with van der Waals surface area (Å²) in [4.78, 5) is 14.5. The third kappa shape index (κ3) is 4.89. The Morgan fingerprint density at radius 3 is 2.34 bits per heavy atom. The summed E-state index contributed by atoms with van der Waals surface area (Å²) in [5, 5.41) is 0. The van der Waals surface area contributed by atoms with E-state index in [0.29, 0.717) is 13.1 Å². The average Bonchev–Trinajstić information content (AvgIpc) is 3.20. The Kier molecular flexibility index (Phi) is 7.12. The van der Waals surface area contributed by atoms with E-state index in [-0.39, 0.29) is 24.5 Å². The maximum absolute atomic E-state index is 12.2. The van der Waals surface area contributed by atoms with Crippen LogP contribution in [0.5, 0.6) is 11.5 Å². The molecule has 0 heterocycles. The minimum atomic E-state index is -0.368. The molecule has 0 spiro atoms. The molecule has 1 aliphatic rings. The van der Waals surface area contributed by atoms with Gasteiger partial charge in [0.05, 0.1) is 27.2 Å². The van der Waals surface area contributed by atoms with Crippen LogP contribution in [0, 0.1) is 5.92 Å². The van der Waals surface area contributed by atoms with Gasteiger partial charge in [-0.05, 0) is 30.0 Å². The van der Waals surface area contributed by atoms with E-state index in [1.165, 1.54) is 18.2 Å². The van der Waals surface area contributed by atoms with Crippen LogP contribution in [0.4, 0.5) is 0 Å². The second kappa shape index (κ2) is 9.76. The van der Waals surface area contributed by atoms with Crippen molar-refractivity contribution in [3.05, 3.63) is 59.2 Å². The fourth-order valence-electron chi connectivity index (χ4n) is 4.03. The summed E-state index contributed by atoms with van der Waals surface area (Å²) in [7, 11) is 4.71. The van der Waals surface area contributed by atoms with E-state index in [2.05, 4.69) is 29.2 Å². The second-order valence-electron chi connectivity index (χ2n) is 7.39. The van der Waals surface area contributed by atoms with E-state index in [4.69, 9.17) is 19.9 Å². The highest BCUT2D eigenvalue weighted by Gasteiger charge is 2.31. The molecule has 2 aromatic carbocycles. The first kappa shape index (κ1) is 21.1. The first-order valence-corrected chi connectivity index (χ1v) is 9.89. The summed E-state index contributed by atoms with van der Waals surface area (Å²) in [6.45, 7) is 1.44. The van der Waals surface area contributed by atoms with Crippen molar-refractivity contribution in [2.75, 3.05) is 34.4 Å². The van der Waals surface area contributed by atoms with Gasteiger partial charge in [0.2, 0.25) is 0 Å². The van der Waals surface area contributed by atoms with E-state index in [0.717, 1.165) is 29.9 Å². The second-order valence-corrected chi connectivity index (χ2v) is 7.39. The summed E-state index contributed by atoms with van der Waals surface area (Å²) >= 11 is 0. The molecule has 156 valence electrons. The van der Waals surface area contributed by atoms with E-state index < -0.39 is 0 Å². The Morgan fingerprint density at radius 2 is 1.79 bits per heavy atom. The zero-order valence-electron chi connectivity index (χ0n) is 17.4. The van der Waals surface area contributed by atoms with Crippen molar-refractivity contribution in [2.24, 2.45) is 11.7 Å². The molecule has 0 bridgehead atoms. The van der Waals surface area contributed by atoms with E-state index in [1.54, 1.807) is 14.2 Å². The molecule has 2 N–H and O–H groups in total. The summed E-state index contributed by atoms with van der Waals surface area (Å²) < 4.78 is 15.9. The number of rotatable bonds is 9. The molecular formula is C23H30N2O4. The zero-order chi connectivity index (χ0) is 20.8. The average molecular weight is 399 g/mol. The lowest BCUT2D eigenvalue weighted by Gasteiger charge is -2.32. The molecule has 29 heavy (non-hydrogen) atoms. The summed E-state index contributed by atoms with van der Waals surface area (Å²) in [5.74, 6) is 0.884. The number of benzene rings is 2. The van der Waals surface area contributed by atoms with E-state index in [9.17, 15) is 4.79 Å². The number of fused-ring (bicyclic) bond motifs is 1. The predicted octanol–water partition coefficient (Wildman–Crippen LogP) is 2.42. The van der Waals surface area contributed by atoms with Crippen LogP contribution in [0.1, 0.15) is 16.7 Å². The molecule has 1 unspecified atom stereocenters. The molecule has 0 aliphatic heterocycles. The molecule has 6 nitrogen and oxygen atoms in total. The van der Waals surface area contributed by atoms with Gasteiger partial charge in [-0.25, -0.2) is 0 Å². The molecule has 0 aromatic heterocycles. The minimum Gasteiger partial charge on any atom is -0.497 e. The number of carbonyl (C=O) groups excluding carboxylic acids is 1. The van der Waals surface area contributed by atoms with Gasteiger partial charge < -0.3 is 19.9 Å². The van der Waals surface area contributed by atoms with E-state index in [1.807, 2.05) is 18.2 Å². The highest BCUT2D eigenvalue weighted by Crippen LogP contribution is 2.30. The van der Waals surface area contributed by atoms with Crippen LogP contribution in [0.3, 0.4) is 0 Å². The molecule has 2 aromatic rings. The molecule has 0 saturated heterocycles. The van der Waals surface area contributed by atoms with Gasteiger partial charge in [0.1, 0.15) is 11.5 Å². The van der Waals surface area contributed by atoms with Gasteiger partial charge in [-0.1, -0.05) is 30.3 Å². The third-order valence-electron chi connectivity index (χ3n) is 5.69. The number of nitrogens with two attached hydrogens (primary N) is 1.